The zero-order chi connectivity index (χ0) is 24.2. The topological polar surface area (TPSA) is 117 Å². The third-order valence-electron chi connectivity index (χ3n) is 6.17. The fraction of sp³-hybridized carbons (Fsp3) is 0.478. The number of rotatable bonds is 7. The number of halogens is 1. The zero-order valence-electron chi connectivity index (χ0n) is 19.2. The number of amides is 2. The van der Waals surface area contributed by atoms with Gasteiger partial charge >= 0.3 is 12.1 Å². The van der Waals surface area contributed by atoms with E-state index in [0.717, 1.165) is 18.7 Å². The predicted molar refractivity (Wildman–Crippen MR) is 121 cm³/mol. The molecule has 1 atom stereocenters. The number of esters is 1. The molecule has 3 heterocycles. The Bertz CT molecular complexity index is 1070. The second-order valence-corrected chi connectivity index (χ2v) is 8.56. The summed E-state index contributed by atoms with van der Waals surface area (Å²) in [6, 6.07) is 4.75. The number of carbonyl (C=O) groups excluding carboxylic acids is 3. The molecule has 4 rings (SSSR count). The summed E-state index contributed by atoms with van der Waals surface area (Å²) in [6.07, 6.45) is 2.87. The molecule has 0 saturated carbocycles. The maximum atomic E-state index is 15.0. The number of anilines is 2. The molecule has 0 spiro atoms. The van der Waals surface area contributed by atoms with Crippen molar-refractivity contribution >= 4 is 29.3 Å². The highest BCUT2D eigenvalue weighted by Crippen LogP contribution is 2.31. The smallest absolute Gasteiger partial charge is 0.414 e. The number of nitrogens with zero attached hydrogens (tertiary/aromatic N) is 3. The lowest BCUT2D eigenvalue weighted by atomic mass is 9.93. The Morgan fingerprint density at radius 1 is 1.32 bits per heavy atom. The summed E-state index contributed by atoms with van der Waals surface area (Å²) in [4.78, 5) is 45.5. The molecule has 2 N–H and O–H groups in total. The molecule has 10 nitrogen and oxygen atoms in total. The summed E-state index contributed by atoms with van der Waals surface area (Å²) < 4.78 is 24.9. The van der Waals surface area contributed by atoms with Gasteiger partial charge in [-0.2, -0.15) is 0 Å². The Labute approximate surface area is 196 Å². The highest BCUT2D eigenvalue weighted by Gasteiger charge is 2.33. The molecule has 0 bridgehead atoms. The SMILES string of the molecule is COC(=O)c1cnc(CC2CCN(c3ccc(N4C[C@H](CNC(C)=O)OC4=O)cc3F)CC2)[nH]1. The highest BCUT2D eigenvalue weighted by molar-refractivity contribution is 5.90. The minimum atomic E-state index is -0.559. The zero-order valence-corrected chi connectivity index (χ0v) is 19.2. The average molecular weight is 474 g/mol. The van der Waals surface area contributed by atoms with Crippen molar-refractivity contribution in [1.29, 1.82) is 0 Å². The van der Waals surface area contributed by atoms with Gasteiger partial charge in [0.1, 0.15) is 23.4 Å². The number of nitrogens with one attached hydrogen (secondary N) is 2. The number of ether oxygens (including phenoxy) is 2. The summed E-state index contributed by atoms with van der Waals surface area (Å²) in [6.45, 7) is 3.23. The van der Waals surface area contributed by atoms with Crippen molar-refractivity contribution in [2.24, 2.45) is 5.92 Å². The van der Waals surface area contributed by atoms with Gasteiger partial charge in [-0.3, -0.25) is 9.69 Å². The molecule has 182 valence electrons. The van der Waals surface area contributed by atoms with E-state index >= 15 is 0 Å². The molecule has 0 unspecified atom stereocenters. The van der Waals surface area contributed by atoms with Crippen LogP contribution in [0.5, 0.6) is 0 Å². The van der Waals surface area contributed by atoms with Crippen LogP contribution in [0.1, 0.15) is 36.1 Å². The first-order valence-corrected chi connectivity index (χ1v) is 11.2. The number of benzene rings is 1. The van der Waals surface area contributed by atoms with Gasteiger partial charge in [0.25, 0.3) is 0 Å². The number of hydrogen-bond acceptors (Lipinski definition) is 7. The van der Waals surface area contributed by atoms with Gasteiger partial charge in [0.05, 0.1) is 37.8 Å². The minimum absolute atomic E-state index is 0.205. The van der Waals surface area contributed by atoms with Crippen LogP contribution in [0.3, 0.4) is 0 Å². The number of cyclic esters (lactones) is 1. The molecular weight excluding hydrogens is 445 g/mol. The lowest BCUT2D eigenvalue weighted by Crippen LogP contribution is -2.35. The van der Waals surface area contributed by atoms with Crippen LogP contribution in [0.4, 0.5) is 20.6 Å². The third kappa shape index (κ3) is 5.29. The Hall–Kier alpha value is -3.63. The first-order chi connectivity index (χ1) is 16.3. The van der Waals surface area contributed by atoms with E-state index in [1.54, 1.807) is 12.1 Å². The number of hydrogen-bond donors (Lipinski definition) is 2. The number of piperidine rings is 1. The lowest BCUT2D eigenvalue weighted by molar-refractivity contribution is -0.119. The van der Waals surface area contributed by atoms with Crippen LogP contribution in [0.25, 0.3) is 0 Å². The molecule has 2 aliphatic heterocycles. The van der Waals surface area contributed by atoms with Crippen molar-refractivity contribution in [3.63, 3.8) is 0 Å². The van der Waals surface area contributed by atoms with Gasteiger partial charge < -0.3 is 24.7 Å². The molecule has 1 aromatic carbocycles. The maximum Gasteiger partial charge on any atom is 0.414 e. The molecule has 2 aliphatic rings. The summed E-state index contributed by atoms with van der Waals surface area (Å²) in [5, 5.41) is 2.62. The number of aromatic amines is 1. The van der Waals surface area contributed by atoms with Crippen LogP contribution in [0.2, 0.25) is 0 Å². The molecule has 2 fully saturated rings. The molecule has 0 aliphatic carbocycles. The average Bonchev–Trinajstić information content (AvgIpc) is 3.44. The first-order valence-electron chi connectivity index (χ1n) is 11.2. The molecule has 2 amide bonds. The highest BCUT2D eigenvalue weighted by atomic mass is 19.1. The lowest BCUT2D eigenvalue weighted by Gasteiger charge is -2.33. The van der Waals surface area contributed by atoms with Gasteiger partial charge in [-0.15, -0.1) is 0 Å². The Balaban J connectivity index is 1.32. The van der Waals surface area contributed by atoms with E-state index in [2.05, 4.69) is 20.0 Å². The summed E-state index contributed by atoms with van der Waals surface area (Å²) >= 11 is 0. The third-order valence-corrected chi connectivity index (χ3v) is 6.17. The summed E-state index contributed by atoms with van der Waals surface area (Å²) in [5.74, 6) is 0.0587. The van der Waals surface area contributed by atoms with Crippen LogP contribution in [0, 0.1) is 11.7 Å². The van der Waals surface area contributed by atoms with Crippen molar-refractivity contribution in [2.45, 2.75) is 32.3 Å². The normalized spacial score (nSPS) is 18.7. The van der Waals surface area contributed by atoms with E-state index in [-0.39, 0.29) is 19.0 Å². The van der Waals surface area contributed by atoms with Crippen LogP contribution in [-0.4, -0.2) is 67.3 Å². The molecule has 11 heteroatoms. The van der Waals surface area contributed by atoms with Gasteiger partial charge in [-0.25, -0.2) is 19.0 Å². The summed E-state index contributed by atoms with van der Waals surface area (Å²) in [7, 11) is 1.33. The molecule has 0 radical (unpaired) electrons. The van der Waals surface area contributed by atoms with Crippen LogP contribution < -0.4 is 15.1 Å². The number of methoxy groups -OCH3 is 1. The van der Waals surface area contributed by atoms with E-state index in [0.29, 0.717) is 42.5 Å². The fourth-order valence-electron chi connectivity index (χ4n) is 4.35. The van der Waals surface area contributed by atoms with E-state index < -0.39 is 24.0 Å². The van der Waals surface area contributed by atoms with Crippen LogP contribution in [-0.2, 0) is 20.7 Å². The standard InChI is InChI=1S/C23H28FN5O5/c1-14(30)25-11-17-13-29(23(32)34-17)16-3-4-20(18(24)10-16)28-7-5-15(6-8-28)9-21-26-12-19(27-21)22(31)33-2/h3-4,10,12,15,17H,5-9,11,13H2,1-2H3,(H,25,30)(H,26,27)/t17-/m0/s1. The first kappa shape index (κ1) is 23.5. The van der Waals surface area contributed by atoms with Crippen LogP contribution in [0.15, 0.2) is 24.4 Å². The van der Waals surface area contributed by atoms with E-state index in [9.17, 15) is 18.8 Å². The molecule has 34 heavy (non-hydrogen) atoms. The van der Waals surface area contributed by atoms with Crippen molar-refractivity contribution in [1.82, 2.24) is 15.3 Å². The number of aromatic nitrogens is 2. The summed E-state index contributed by atoms with van der Waals surface area (Å²) in [5.41, 5.74) is 1.25. The van der Waals surface area contributed by atoms with E-state index in [1.165, 1.54) is 31.2 Å². The number of carbonyl (C=O) groups is 3. The van der Waals surface area contributed by atoms with Crippen LogP contribution >= 0.6 is 0 Å². The van der Waals surface area contributed by atoms with Gasteiger partial charge in [-0.1, -0.05) is 0 Å². The van der Waals surface area contributed by atoms with Crippen molar-refractivity contribution in [3.05, 3.63) is 41.7 Å². The van der Waals surface area contributed by atoms with E-state index in [4.69, 9.17) is 4.74 Å². The second-order valence-electron chi connectivity index (χ2n) is 8.56. The monoisotopic (exact) mass is 473 g/mol. The predicted octanol–water partition coefficient (Wildman–Crippen LogP) is 2.26. The van der Waals surface area contributed by atoms with Crippen molar-refractivity contribution in [2.75, 3.05) is 43.1 Å². The van der Waals surface area contributed by atoms with Crippen molar-refractivity contribution in [3.8, 4) is 0 Å². The van der Waals surface area contributed by atoms with Gasteiger partial charge in [0, 0.05) is 26.4 Å². The minimum Gasteiger partial charge on any atom is -0.464 e. The second kappa shape index (κ2) is 10.1. The van der Waals surface area contributed by atoms with Gasteiger partial charge in [0.15, 0.2) is 0 Å². The van der Waals surface area contributed by atoms with Gasteiger partial charge in [-0.05, 0) is 37.0 Å². The number of H-pyrrole nitrogens is 1. The molecule has 1 aromatic heterocycles. The van der Waals surface area contributed by atoms with Crippen molar-refractivity contribution < 1.29 is 28.2 Å². The maximum absolute atomic E-state index is 15.0. The Kier molecular flexibility index (Phi) is 6.99. The molecular formula is C23H28FN5O5. The fourth-order valence-corrected chi connectivity index (χ4v) is 4.35. The molecule has 2 saturated heterocycles. The van der Waals surface area contributed by atoms with Gasteiger partial charge in [0.2, 0.25) is 5.91 Å². The number of imidazole rings is 1. The molecule has 2 aromatic rings. The largest absolute Gasteiger partial charge is 0.464 e. The quantitative estimate of drug-likeness (QED) is 0.593. The van der Waals surface area contributed by atoms with E-state index in [1.807, 2.05) is 4.90 Å². The Morgan fingerprint density at radius 2 is 2.09 bits per heavy atom. The Morgan fingerprint density at radius 3 is 2.76 bits per heavy atom.